The number of hydrogen-bond acceptors (Lipinski definition) is 3. The minimum atomic E-state index is -1.07. The Morgan fingerprint density at radius 2 is 1.67 bits per heavy atom. The smallest absolute Gasteiger partial charge is 0.304 e. The fourth-order valence-corrected chi connectivity index (χ4v) is 2.47. The first-order valence-electron chi connectivity index (χ1n) is 7.70. The van der Waals surface area contributed by atoms with E-state index >= 15 is 0 Å². The van der Waals surface area contributed by atoms with Crippen LogP contribution in [0.15, 0.2) is 48.5 Å². The van der Waals surface area contributed by atoms with Gasteiger partial charge in [-0.25, -0.2) is 4.39 Å². The van der Waals surface area contributed by atoms with E-state index < -0.39 is 11.6 Å². The number of hydrogen-bond donors (Lipinski definition) is 0. The lowest BCUT2D eigenvalue weighted by atomic mass is 9.89. The maximum atomic E-state index is 12.9. The molecule has 0 fully saturated rings. The summed E-state index contributed by atoms with van der Waals surface area (Å²) in [6, 6.07) is 12.8. The van der Waals surface area contributed by atoms with E-state index in [1.54, 1.807) is 36.4 Å². The van der Waals surface area contributed by atoms with Crippen molar-refractivity contribution in [1.29, 1.82) is 0 Å². The molecule has 2 aromatic carbocycles. The molecular weight excluding hydrogens is 307 g/mol. The molecule has 3 nitrogen and oxygen atoms in total. The molecule has 0 aliphatic carbocycles. The molecule has 2 aromatic rings. The number of terminal acetylenes is 1. The van der Waals surface area contributed by atoms with Crippen LogP contribution in [0.5, 0.6) is 11.5 Å². The molecule has 24 heavy (non-hydrogen) atoms. The zero-order valence-corrected chi connectivity index (χ0v) is 13.7. The third kappa shape index (κ3) is 4.14. The van der Waals surface area contributed by atoms with Gasteiger partial charge in [0.15, 0.2) is 5.60 Å². The lowest BCUT2D eigenvalue weighted by molar-refractivity contribution is -0.153. The van der Waals surface area contributed by atoms with Crippen LogP contribution in [0.25, 0.3) is 0 Å². The van der Waals surface area contributed by atoms with E-state index in [0.717, 1.165) is 6.42 Å². The number of carbonyl (C=O) groups is 1. The van der Waals surface area contributed by atoms with Gasteiger partial charge < -0.3 is 9.47 Å². The molecule has 0 saturated carbocycles. The predicted octanol–water partition coefficient (Wildman–Crippen LogP) is 4.81. The summed E-state index contributed by atoms with van der Waals surface area (Å²) in [5.41, 5.74) is -0.358. The second-order valence-corrected chi connectivity index (χ2v) is 5.40. The zero-order valence-electron chi connectivity index (χ0n) is 13.7. The minimum Gasteiger partial charge on any atom is -0.457 e. The van der Waals surface area contributed by atoms with Crippen molar-refractivity contribution in [2.75, 3.05) is 0 Å². The van der Waals surface area contributed by atoms with Gasteiger partial charge in [-0.3, -0.25) is 4.79 Å². The molecule has 0 aliphatic rings. The summed E-state index contributed by atoms with van der Waals surface area (Å²) in [6.07, 6.45) is 6.95. The van der Waals surface area contributed by atoms with Crippen molar-refractivity contribution in [3.8, 4) is 23.8 Å². The third-order valence-electron chi connectivity index (χ3n) is 3.52. The first-order valence-corrected chi connectivity index (χ1v) is 7.70. The van der Waals surface area contributed by atoms with E-state index in [1.807, 2.05) is 6.92 Å². The largest absolute Gasteiger partial charge is 0.457 e. The average molecular weight is 326 g/mol. The van der Waals surface area contributed by atoms with Crippen molar-refractivity contribution in [3.63, 3.8) is 0 Å². The average Bonchev–Trinajstić information content (AvgIpc) is 2.57. The van der Waals surface area contributed by atoms with Crippen LogP contribution in [0.2, 0.25) is 0 Å². The molecule has 0 N–H and O–H groups in total. The fraction of sp³-hybridized carbons (Fsp3) is 0.250. The standard InChI is InChI=1S/C20H19FO3/c1-4-14-20(5-2,24-15(3)22)16-6-10-18(11-7-16)23-19-12-8-17(21)9-13-19/h2,6-13H,4,14H2,1,3H3. The van der Waals surface area contributed by atoms with E-state index in [9.17, 15) is 9.18 Å². The number of carbonyl (C=O) groups excluding carboxylic acids is 1. The van der Waals surface area contributed by atoms with E-state index in [-0.39, 0.29) is 5.82 Å². The fourth-order valence-electron chi connectivity index (χ4n) is 2.47. The van der Waals surface area contributed by atoms with Gasteiger partial charge in [-0.15, -0.1) is 6.42 Å². The summed E-state index contributed by atoms with van der Waals surface area (Å²) in [6.45, 7) is 3.31. The van der Waals surface area contributed by atoms with Crippen molar-refractivity contribution in [1.82, 2.24) is 0 Å². The van der Waals surface area contributed by atoms with Gasteiger partial charge in [-0.2, -0.15) is 0 Å². The van der Waals surface area contributed by atoms with Crippen LogP contribution in [0, 0.1) is 18.2 Å². The van der Waals surface area contributed by atoms with E-state index in [0.29, 0.717) is 23.5 Å². The van der Waals surface area contributed by atoms with Gasteiger partial charge in [-0.05, 0) is 36.4 Å². The first kappa shape index (κ1) is 17.6. The molecule has 1 unspecified atom stereocenters. The predicted molar refractivity (Wildman–Crippen MR) is 90.1 cm³/mol. The second-order valence-electron chi connectivity index (χ2n) is 5.40. The monoisotopic (exact) mass is 326 g/mol. The lowest BCUT2D eigenvalue weighted by Gasteiger charge is -2.28. The Balaban J connectivity index is 2.24. The van der Waals surface area contributed by atoms with E-state index in [2.05, 4.69) is 5.92 Å². The summed E-state index contributed by atoms with van der Waals surface area (Å²) in [7, 11) is 0. The topological polar surface area (TPSA) is 35.5 Å². The maximum Gasteiger partial charge on any atom is 0.304 e. The molecule has 124 valence electrons. The van der Waals surface area contributed by atoms with Crippen LogP contribution < -0.4 is 4.74 Å². The molecule has 0 aliphatic heterocycles. The quantitative estimate of drug-likeness (QED) is 0.564. The highest BCUT2D eigenvalue weighted by atomic mass is 19.1. The molecule has 4 heteroatoms. The molecule has 0 amide bonds. The number of benzene rings is 2. The molecule has 0 radical (unpaired) electrons. The van der Waals surface area contributed by atoms with Crippen molar-refractivity contribution < 1.29 is 18.7 Å². The van der Waals surface area contributed by atoms with Gasteiger partial charge in [0.05, 0.1) is 0 Å². The first-order chi connectivity index (χ1) is 11.5. The SMILES string of the molecule is C#CC(CCC)(OC(C)=O)c1ccc(Oc2ccc(F)cc2)cc1. The Hall–Kier alpha value is -2.80. The second kappa shape index (κ2) is 7.65. The number of esters is 1. The maximum absolute atomic E-state index is 12.9. The van der Waals surface area contributed by atoms with Gasteiger partial charge in [0.2, 0.25) is 0 Å². The van der Waals surface area contributed by atoms with Crippen LogP contribution in [0.1, 0.15) is 32.3 Å². The highest BCUT2D eigenvalue weighted by molar-refractivity contribution is 5.67. The molecule has 0 saturated heterocycles. The van der Waals surface area contributed by atoms with Gasteiger partial charge in [0.25, 0.3) is 0 Å². The van der Waals surface area contributed by atoms with E-state index in [1.165, 1.54) is 19.1 Å². The summed E-state index contributed by atoms with van der Waals surface area (Å²) in [5, 5.41) is 0. The molecule has 0 heterocycles. The molecule has 0 bridgehead atoms. The van der Waals surface area contributed by atoms with Crippen molar-refractivity contribution >= 4 is 5.97 Å². The molecule has 2 rings (SSSR count). The Morgan fingerprint density at radius 1 is 1.12 bits per heavy atom. The third-order valence-corrected chi connectivity index (χ3v) is 3.52. The Morgan fingerprint density at radius 3 is 2.12 bits per heavy atom. The van der Waals surface area contributed by atoms with Crippen molar-refractivity contribution in [3.05, 3.63) is 59.9 Å². The summed E-state index contributed by atoms with van der Waals surface area (Å²) >= 11 is 0. The lowest BCUT2D eigenvalue weighted by Crippen LogP contribution is -2.30. The Kier molecular flexibility index (Phi) is 5.59. The zero-order chi connectivity index (χ0) is 17.6. The van der Waals surface area contributed by atoms with Crippen LogP contribution >= 0.6 is 0 Å². The summed E-state index contributed by atoms with van der Waals surface area (Å²) in [5.74, 6) is 2.98. The molecule has 0 spiro atoms. The van der Waals surface area contributed by atoms with E-state index in [4.69, 9.17) is 15.9 Å². The highest BCUT2D eigenvalue weighted by Gasteiger charge is 2.32. The van der Waals surface area contributed by atoms with Gasteiger partial charge >= 0.3 is 5.97 Å². The van der Waals surface area contributed by atoms with Crippen LogP contribution in [-0.2, 0) is 15.1 Å². The minimum absolute atomic E-state index is 0.322. The van der Waals surface area contributed by atoms with Crippen LogP contribution in [0.3, 0.4) is 0 Å². The number of halogens is 1. The Bertz CT molecular complexity index is 729. The van der Waals surface area contributed by atoms with Crippen molar-refractivity contribution in [2.24, 2.45) is 0 Å². The number of rotatable bonds is 6. The summed E-state index contributed by atoms with van der Waals surface area (Å²) < 4.78 is 24.0. The normalized spacial score (nSPS) is 12.8. The number of ether oxygens (including phenoxy) is 2. The van der Waals surface area contributed by atoms with Gasteiger partial charge in [0.1, 0.15) is 17.3 Å². The molecule has 0 aromatic heterocycles. The Labute approximate surface area is 141 Å². The van der Waals surface area contributed by atoms with Crippen molar-refractivity contribution in [2.45, 2.75) is 32.3 Å². The van der Waals surface area contributed by atoms with Gasteiger partial charge in [0, 0.05) is 18.9 Å². The van der Waals surface area contributed by atoms with Crippen LogP contribution in [0.4, 0.5) is 4.39 Å². The van der Waals surface area contributed by atoms with Crippen LogP contribution in [-0.4, -0.2) is 5.97 Å². The molecule has 1 atom stereocenters. The molecular formula is C20H19FO3. The highest BCUT2D eigenvalue weighted by Crippen LogP contribution is 2.32. The van der Waals surface area contributed by atoms with Gasteiger partial charge in [-0.1, -0.05) is 31.4 Å². The summed E-state index contributed by atoms with van der Waals surface area (Å²) in [4.78, 5) is 11.4.